The molecule has 3 aromatic rings. The first-order valence-electron chi connectivity index (χ1n) is 11.5. The van der Waals surface area contributed by atoms with Crippen LogP contribution in [0.1, 0.15) is 59.2 Å². The van der Waals surface area contributed by atoms with Crippen molar-refractivity contribution in [2.24, 2.45) is 0 Å². The summed E-state index contributed by atoms with van der Waals surface area (Å²) in [5, 5.41) is 21.4. The van der Waals surface area contributed by atoms with E-state index in [-0.39, 0.29) is 23.0 Å². The fourth-order valence-electron chi connectivity index (χ4n) is 3.42. The van der Waals surface area contributed by atoms with Crippen LogP contribution in [0.2, 0.25) is 0 Å². The zero-order chi connectivity index (χ0) is 28.7. The number of halogens is 3. The largest absolute Gasteiger partial charge is 0.507 e. The number of benzene rings is 1. The summed E-state index contributed by atoms with van der Waals surface area (Å²) in [6.45, 7) is 3.22. The molecule has 0 aliphatic carbocycles. The lowest BCUT2D eigenvalue weighted by atomic mass is 10.00. The number of rotatable bonds is 10. The number of carbonyl (C=O) groups excluding carboxylic acids is 1. The van der Waals surface area contributed by atoms with Gasteiger partial charge >= 0.3 is 17.9 Å². The highest BCUT2D eigenvalue weighted by Gasteiger charge is 2.30. The van der Waals surface area contributed by atoms with Crippen LogP contribution in [0.15, 0.2) is 69.5 Å². The molecular weight excluding hydrogens is 539 g/mol. The zero-order valence-corrected chi connectivity index (χ0v) is 21.6. The lowest BCUT2D eigenvalue weighted by molar-refractivity contribution is -0.137. The van der Waals surface area contributed by atoms with E-state index in [9.17, 15) is 32.7 Å². The average molecular weight is 564 g/mol. The standard InChI is InChI=1S/C27H24F3NO7S/c1-15(5-3-4-12-31-26(35)36)21-14-20(32)23(25(34)38-21)24(33)16(2)13-19-10-11-22(39-19)37-18-8-6-17(7-9-18)27(28,29)30/h4,6-15,31-32H,3,5H2,1-2H3,(H,35,36). The van der Waals surface area contributed by atoms with Gasteiger partial charge < -0.3 is 19.4 Å². The number of Topliss-reactive ketones (excluding diaryl/α,β-unsaturated/α-hetero) is 1. The van der Waals surface area contributed by atoms with Crippen molar-refractivity contribution in [3.63, 3.8) is 0 Å². The molecule has 0 fully saturated rings. The summed E-state index contributed by atoms with van der Waals surface area (Å²) in [5.74, 6) is -1.17. The second kappa shape index (κ2) is 12.5. The zero-order valence-electron chi connectivity index (χ0n) is 20.7. The molecule has 12 heteroatoms. The van der Waals surface area contributed by atoms with E-state index in [1.807, 2.05) is 0 Å². The van der Waals surface area contributed by atoms with Gasteiger partial charge in [-0.25, -0.2) is 9.59 Å². The molecule has 0 spiro atoms. The Morgan fingerprint density at radius 1 is 1.18 bits per heavy atom. The number of carbonyl (C=O) groups is 2. The predicted octanol–water partition coefficient (Wildman–Crippen LogP) is 7.17. The number of alkyl halides is 3. The van der Waals surface area contributed by atoms with Crippen LogP contribution in [0.25, 0.3) is 6.08 Å². The first kappa shape index (κ1) is 29.2. The Morgan fingerprint density at radius 2 is 1.87 bits per heavy atom. The summed E-state index contributed by atoms with van der Waals surface area (Å²) in [6.07, 6.45) is -0.323. The lowest BCUT2D eigenvalue weighted by Crippen LogP contribution is -2.16. The fourth-order valence-corrected chi connectivity index (χ4v) is 4.30. The Kier molecular flexibility index (Phi) is 9.36. The number of thiophene rings is 1. The Balaban J connectivity index is 1.68. The molecule has 1 atom stereocenters. The van der Waals surface area contributed by atoms with Gasteiger partial charge in [0.1, 0.15) is 22.8 Å². The van der Waals surface area contributed by atoms with Gasteiger partial charge in [0.15, 0.2) is 10.8 Å². The second-order valence-electron chi connectivity index (χ2n) is 8.46. The maximum atomic E-state index is 12.9. The number of allylic oxidation sites excluding steroid dienone is 2. The molecule has 3 rings (SSSR count). The van der Waals surface area contributed by atoms with Gasteiger partial charge in [-0.15, -0.1) is 0 Å². The second-order valence-corrected chi connectivity index (χ2v) is 9.54. The first-order chi connectivity index (χ1) is 18.3. The highest BCUT2D eigenvalue weighted by molar-refractivity contribution is 7.14. The number of ketones is 1. The number of hydrogen-bond donors (Lipinski definition) is 3. The molecule has 3 N–H and O–H groups in total. The Hall–Kier alpha value is -4.32. The molecule has 8 nitrogen and oxygen atoms in total. The summed E-state index contributed by atoms with van der Waals surface area (Å²) in [6, 6.07) is 8.66. The van der Waals surface area contributed by atoms with Gasteiger partial charge in [-0.3, -0.25) is 10.1 Å². The summed E-state index contributed by atoms with van der Waals surface area (Å²) in [7, 11) is 0. The van der Waals surface area contributed by atoms with Gasteiger partial charge in [-0.1, -0.05) is 24.3 Å². The van der Waals surface area contributed by atoms with E-state index in [1.54, 1.807) is 25.1 Å². The van der Waals surface area contributed by atoms with Crippen molar-refractivity contribution in [2.45, 2.75) is 38.8 Å². The van der Waals surface area contributed by atoms with Crippen molar-refractivity contribution in [2.75, 3.05) is 0 Å². The number of amides is 1. The quantitative estimate of drug-likeness (QED) is 0.176. The van der Waals surface area contributed by atoms with Crippen molar-refractivity contribution in [1.82, 2.24) is 5.32 Å². The van der Waals surface area contributed by atoms with Gasteiger partial charge in [-0.05, 0) is 67.8 Å². The molecule has 39 heavy (non-hydrogen) atoms. The topological polar surface area (TPSA) is 126 Å². The van der Waals surface area contributed by atoms with E-state index in [0.717, 1.165) is 23.5 Å². The third-order valence-electron chi connectivity index (χ3n) is 5.47. The molecule has 0 bridgehead atoms. The number of ether oxygens (including phenoxy) is 1. The first-order valence-corrected chi connectivity index (χ1v) is 12.4. The highest BCUT2D eigenvalue weighted by atomic mass is 32.1. The number of hydrogen-bond acceptors (Lipinski definition) is 7. The molecule has 206 valence electrons. The number of carboxylic acid groups (broad SMARTS) is 1. The molecular formula is C27H24F3NO7S. The van der Waals surface area contributed by atoms with Crippen molar-refractivity contribution in [3.8, 4) is 16.6 Å². The van der Waals surface area contributed by atoms with Crippen LogP contribution in [0.5, 0.6) is 16.6 Å². The third-order valence-corrected chi connectivity index (χ3v) is 6.38. The SMILES string of the molecule is CC(=Cc1ccc(Oc2ccc(C(F)(F)F)cc2)s1)C(=O)c1c(O)cc(C(C)CCC=CNC(=O)O)oc1=O. The van der Waals surface area contributed by atoms with Gasteiger partial charge in [0.25, 0.3) is 0 Å². The highest BCUT2D eigenvalue weighted by Crippen LogP contribution is 2.34. The van der Waals surface area contributed by atoms with E-state index in [4.69, 9.17) is 14.3 Å². The van der Waals surface area contributed by atoms with E-state index in [1.165, 1.54) is 37.4 Å². The molecule has 0 radical (unpaired) electrons. The monoisotopic (exact) mass is 563 g/mol. The maximum absolute atomic E-state index is 12.9. The Labute approximate surface area is 224 Å². The molecule has 2 heterocycles. The minimum Gasteiger partial charge on any atom is -0.507 e. The summed E-state index contributed by atoms with van der Waals surface area (Å²) in [4.78, 5) is 36.5. The smallest absolute Gasteiger partial charge is 0.416 e. The summed E-state index contributed by atoms with van der Waals surface area (Å²) >= 11 is 1.13. The summed E-state index contributed by atoms with van der Waals surface area (Å²) < 4.78 is 49.0. The Bertz CT molecular complexity index is 1450. The van der Waals surface area contributed by atoms with E-state index in [0.29, 0.717) is 22.8 Å². The number of nitrogens with one attached hydrogen (secondary N) is 1. The minimum absolute atomic E-state index is 0.136. The van der Waals surface area contributed by atoms with Gasteiger partial charge in [0.05, 0.1) is 5.56 Å². The van der Waals surface area contributed by atoms with Crippen LogP contribution in [0.3, 0.4) is 0 Å². The van der Waals surface area contributed by atoms with Crippen molar-refractivity contribution in [1.29, 1.82) is 0 Å². The molecule has 0 aliphatic rings. The van der Waals surface area contributed by atoms with Gasteiger partial charge in [0.2, 0.25) is 0 Å². The lowest BCUT2D eigenvalue weighted by Gasteiger charge is -2.11. The molecule has 1 amide bonds. The van der Waals surface area contributed by atoms with Crippen LogP contribution in [-0.2, 0) is 6.18 Å². The molecule has 1 aromatic carbocycles. The average Bonchev–Trinajstić information content (AvgIpc) is 3.29. The normalized spacial score (nSPS) is 12.9. The molecule has 0 saturated carbocycles. The van der Waals surface area contributed by atoms with E-state index >= 15 is 0 Å². The summed E-state index contributed by atoms with van der Waals surface area (Å²) in [5.41, 5.74) is -2.16. The van der Waals surface area contributed by atoms with E-state index in [2.05, 4.69) is 5.32 Å². The minimum atomic E-state index is -4.45. The maximum Gasteiger partial charge on any atom is 0.416 e. The van der Waals surface area contributed by atoms with Crippen molar-refractivity contribution >= 4 is 29.3 Å². The number of aromatic hydroxyl groups is 1. The van der Waals surface area contributed by atoms with Crippen molar-refractivity contribution in [3.05, 3.63) is 92.5 Å². The van der Waals surface area contributed by atoms with Crippen molar-refractivity contribution < 1.29 is 42.1 Å². The predicted molar refractivity (Wildman–Crippen MR) is 138 cm³/mol. The van der Waals surface area contributed by atoms with Crippen LogP contribution < -0.4 is 15.7 Å². The van der Waals surface area contributed by atoms with Crippen LogP contribution >= 0.6 is 11.3 Å². The Morgan fingerprint density at radius 3 is 2.49 bits per heavy atom. The van der Waals surface area contributed by atoms with Gasteiger partial charge in [-0.2, -0.15) is 13.2 Å². The third kappa shape index (κ3) is 8.08. The molecule has 0 aliphatic heterocycles. The van der Waals surface area contributed by atoms with Crippen LogP contribution in [-0.4, -0.2) is 22.1 Å². The van der Waals surface area contributed by atoms with E-state index < -0.39 is 40.6 Å². The molecule has 2 aromatic heterocycles. The van der Waals surface area contributed by atoms with Gasteiger partial charge in [0, 0.05) is 23.1 Å². The van der Waals surface area contributed by atoms with Crippen LogP contribution in [0, 0.1) is 0 Å². The van der Waals surface area contributed by atoms with Crippen LogP contribution in [0.4, 0.5) is 18.0 Å². The fraction of sp³-hybridized carbons (Fsp3) is 0.222. The molecule has 0 saturated heterocycles. The molecule has 1 unspecified atom stereocenters.